The molecule has 0 bridgehead atoms. The number of carbonyl (C=O) groups excluding carboxylic acids is 2. The molecule has 0 radical (unpaired) electrons. The number of hydrogen-bond acceptors (Lipinski definition) is 4. The molecule has 0 aromatic rings. The van der Waals surface area contributed by atoms with Crippen molar-refractivity contribution < 1.29 is 19.1 Å². The molecule has 7 unspecified atom stereocenters. The van der Waals surface area contributed by atoms with Gasteiger partial charge in [-0.05, 0) is 77.6 Å². The molecule has 2 saturated carbocycles. The van der Waals surface area contributed by atoms with Crippen molar-refractivity contribution in [1.82, 2.24) is 4.90 Å². The minimum absolute atomic E-state index is 0.0177. The Balaban J connectivity index is 1.54. The fourth-order valence-corrected chi connectivity index (χ4v) is 6.49. The summed E-state index contributed by atoms with van der Waals surface area (Å²) in [5.41, 5.74) is -0.490. The Morgan fingerprint density at radius 3 is 2.60 bits per heavy atom. The Bertz CT molecular complexity index is 681. The molecular weight excluding hydrogens is 378 g/mol. The van der Waals surface area contributed by atoms with Crippen LogP contribution < -0.4 is 0 Å². The zero-order valence-corrected chi connectivity index (χ0v) is 19.1. The Kier molecular flexibility index (Phi) is 6.18. The standard InChI is InChI=1S/C25H39NO4/c1-16-8-7-10-18(26(16)24(28)30-25(2,3)4)12-13-20-19-11-6-5-9-17(19)14-21-22(20)15-29-23(21)27/h12-13,16-22H,5-11,14-15H2,1-4H3/b13-12+. The summed E-state index contributed by atoms with van der Waals surface area (Å²) in [6, 6.07) is 0.255. The maximum atomic E-state index is 12.9. The smallest absolute Gasteiger partial charge is 0.411 e. The Labute approximate surface area is 181 Å². The average Bonchev–Trinajstić information content (AvgIpc) is 3.04. The largest absolute Gasteiger partial charge is 0.465 e. The van der Waals surface area contributed by atoms with Gasteiger partial charge >= 0.3 is 12.1 Å². The maximum Gasteiger partial charge on any atom is 0.411 e. The van der Waals surface area contributed by atoms with Gasteiger partial charge in [0.05, 0.1) is 18.6 Å². The van der Waals surface area contributed by atoms with Crippen molar-refractivity contribution in [1.29, 1.82) is 0 Å². The topological polar surface area (TPSA) is 55.8 Å². The summed E-state index contributed by atoms with van der Waals surface area (Å²) >= 11 is 0. The molecule has 168 valence electrons. The van der Waals surface area contributed by atoms with Gasteiger partial charge in [-0.15, -0.1) is 0 Å². The molecule has 2 aliphatic carbocycles. The van der Waals surface area contributed by atoms with Crippen LogP contribution >= 0.6 is 0 Å². The zero-order valence-electron chi connectivity index (χ0n) is 19.1. The molecule has 0 N–H and O–H groups in total. The summed E-state index contributed by atoms with van der Waals surface area (Å²) in [7, 11) is 0. The number of esters is 1. The van der Waals surface area contributed by atoms with E-state index in [1.165, 1.54) is 25.7 Å². The van der Waals surface area contributed by atoms with E-state index in [4.69, 9.17) is 9.47 Å². The first-order valence-electron chi connectivity index (χ1n) is 12.1. The van der Waals surface area contributed by atoms with Crippen molar-refractivity contribution in [3.05, 3.63) is 12.2 Å². The summed E-state index contributed by atoms with van der Waals surface area (Å²) in [6.07, 6.45) is 13.6. The molecule has 5 heteroatoms. The van der Waals surface area contributed by atoms with Crippen LogP contribution in [0, 0.1) is 29.6 Å². The molecule has 30 heavy (non-hydrogen) atoms. The van der Waals surface area contributed by atoms with Gasteiger partial charge in [-0.1, -0.05) is 31.4 Å². The van der Waals surface area contributed by atoms with Crippen molar-refractivity contribution in [2.75, 3.05) is 6.61 Å². The molecule has 4 fully saturated rings. The monoisotopic (exact) mass is 417 g/mol. The van der Waals surface area contributed by atoms with Crippen LogP contribution in [0.4, 0.5) is 4.79 Å². The molecule has 1 amide bonds. The lowest BCUT2D eigenvalue weighted by molar-refractivity contribution is -0.142. The lowest BCUT2D eigenvalue weighted by Gasteiger charge is -2.45. The summed E-state index contributed by atoms with van der Waals surface area (Å²) in [5.74, 6) is 2.09. The van der Waals surface area contributed by atoms with E-state index in [2.05, 4.69) is 19.1 Å². The molecule has 2 aliphatic heterocycles. The molecule has 4 aliphatic rings. The second-order valence-electron chi connectivity index (χ2n) is 11.0. The SMILES string of the molecule is CC1CCCC(/C=C/C2C3CCCCC3CC3C(=O)OCC32)N1C(=O)OC(C)(C)C. The summed E-state index contributed by atoms with van der Waals surface area (Å²) in [4.78, 5) is 27.2. The first-order valence-corrected chi connectivity index (χ1v) is 12.1. The fourth-order valence-electron chi connectivity index (χ4n) is 6.49. The lowest BCUT2D eigenvalue weighted by Crippen LogP contribution is -2.50. The number of hydrogen-bond donors (Lipinski definition) is 0. The summed E-state index contributed by atoms with van der Waals surface area (Å²) < 4.78 is 11.2. The Hall–Kier alpha value is -1.52. The first kappa shape index (κ1) is 21.7. The summed E-state index contributed by atoms with van der Waals surface area (Å²) in [6.45, 7) is 8.46. The van der Waals surface area contributed by atoms with E-state index in [1.807, 2.05) is 25.7 Å². The second kappa shape index (κ2) is 8.55. The number of amides is 1. The zero-order chi connectivity index (χ0) is 21.5. The molecule has 4 rings (SSSR count). The highest BCUT2D eigenvalue weighted by atomic mass is 16.6. The third-order valence-corrected chi connectivity index (χ3v) is 7.86. The van der Waals surface area contributed by atoms with Gasteiger partial charge in [-0.3, -0.25) is 9.69 Å². The number of carbonyl (C=O) groups is 2. The molecular formula is C25H39NO4. The molecule has 2 heterocycles. The van der Waals surface area contributed by atoms with E-state index < -0.39 is 5.60 Å². The molecule has 0 aromatic carbocycles. The fraction of sp³-hybridized carbons (Fsp3) is 0.840. The van der Waals surface area contributed by atoms with E-state index in [0.29, 0.717) is 30.3 Å². The van der Waals surface area contributed by atoms with Crippen LogP contribution in [-0.2, 0) is 14.3 Å². The van der Waals surface area contributed by atoms with Gasteiger partial charge in [0.1, 0.15) is 5.60 Å². The molecule has 2 saturated heterocycles. The van der Waals surface area contributed by atoms with Gasteiger partial charge in [0, 0.05) is 12.0 Å². The first-order chi connectivity index (χ1) is 14.2. The van der Waals surface area contributed by atoms with Crippen LogP contribution in [0.2, 0.25) is 0 Å². The Morgan fingerprint density at radius 2 is 1.83 bits per heavy atom. The highest BCUT2D eigenvalue weighted by Gasteiger charge is 2.50. The van der Waals surface area contributed by atoms with E-state index in [0.717, 1.165) is 25.7 Å². The summed E-state index contributed by atoms with van der Waals surface area (Å²) in [5, 5.41) is 0. The minimum atomic E-state index is -0.490. The number of fused-ring (bicyclic) bond motifs is 2. The van der Waals surface area contributed by atoms with Crippen molar-refractivity contribution in [3.8, 4) is 0 Å². The highest BCUT2D eigenvalue weighted by molar-refractivity contribution is 5.75. The quantitative estimate of drug-likeness (QED) is 0.450. The van der Waals surface area contributed by atoms with Crippen molar-refractivity contribution in [2.45, 2.75) is 96.7 Å². The third kappa shape index (κ3) is 4.40. The van der Waals surface area contributed by atoms with Gasteiger partial charge in [-0.2, -0.15) is 0 Å². The van der Waals surface area contributed by atoms with E-state index in [9.17, 15) is 9.59 Å². The third-order valence-electron chi connectivity index (χ3n) is 7.86. The van der Waals surface area contributed by atoms with Crippen LogP contribution in [-0.4, -0.2) is 41.3 Å². The van der Waals surface area contributed by atoms with E-state index >= 15 is 0 Å². The number of rotatable bonds is 2. The molecule has 0 aromatic heterocycles. The van der Waals surface area contributed by atoms with E-state index in [-0.39, 0.29) is 30.1 Å². The molecule has 5 nitrogen and oxygen atoms in total. The molecule has 7 atom stereocenters. The van der Waals surface area contributed by atoms with Crippen LogP contribution in [0.15, 0.2) is 12.2 Å². The van der Waals surface area contributed by atoms with Crippen LogP contribution in [0.1, 0.15) is 79.1 Å². The minimum Gasteiger partial charge on any atom is -0.465 e. The molecule has 0 spiro atoms. The van der Waals surface area contributed by atoms with Gasteiger partial charge in [0.2, 0.25) is 0 Å². The van der Waals surface area contributed by atoms with Crippen molar-refractivity contribution >= 4 is 12.1 Å². The van der Waals surface area contributed by atoms with Crippen LogP contribution in [0.25, 0.3) is 0 Å². The van der Waals surface area contributed by atoms with Crippen LogP contribution in [0.3, 0.4) is 0 Å². The number of allylic oxidation sites excluding steroid dienone is 1. The predicted molar refractivity (Wildman–Crippen MR) is 116 cm³/mol. The lowest BCUT2D eigenvalue weighted by atomic mass is 9.58. The Morgan fingerprint density at radius 1 is 1.07 bits per heavy atom. The highest BCUT2D eigenvalue weighted by Crippen LogP contribution is 2.51. The average molecular weight is 418 g/mol. The normalized spacial score (nSPS) is 39.4. The van der Waals surface area contributed by atoms with Crippen molar-refractivity contribution in [2.24, 2.45) is 29.6 Å². The van der Waals surface area contributed by atoms with Crippen molar-refractivity contribution in [3.63, 3.8) is 0 Å². The second-order valence-corrected chi connectivity index (χ2v) is 11.0. The van der Waals surface area contributed by atoms with Gasteiger partial charge in [0.25, 0.3) is 0 Å². The number of nitrogens with zero attached hydrogens (tertiary/aromatic N) is 1. The number of cyclic esters (lactones) is 1. The van der Waals surface area contributed by atoms with Gasteiger partial charge in [0.15, 0.2) is 0 Å². The van der Waals surface area contributed by atoms with Gasteiger partial charge < -0.3 is 9.47 Å². The number of likely N-dealkylation sites (tertiary alicyclic amines) is 1. The number of piperidine rings is 1. The number of ether oxygens (including phenoxy) is 2. The van der Waals surface area contributed by atoms with Crippen LogP contribution in [0.5, 0.6) is 0 Å². The van der Waals surface area contributed by atoms with Gasteiger partial charge in [-0.25, -0.2) is 4.79 Å². The maximum absolute atomic E-state index is 12.9. The van der Waals surface area contributed by atoms with E-state index in [1.54, 1.807) is 0 Å². The predicted octanol–water partition coefficient (Wildman–Crippen LogP) is 5.34.